The maximum Gasteiger partial charge on any atom is 0.285 e. The van der Waals surface area contributed by atoms with Crippen LogP contribution >= 0.6 is 24.0 Å². The summed E-state index contributed by atoms with van der Waals surface area (Å²) in [6.07, 6.45) is 1.59. The topological polar surface area (TPSA) is 58.6 Å². The summed E-state index contributed by atoms with van der Waals surface area (Å²) >= 11 is 6.24. The SMILES string of the molecule is COc1ccccc1C(=O)NN1C(=O)/C(=C\c2ccc(F)cc2)SC1=S. The van der Waals surface area contributed by atoms with Crippen molar-refractivity contribution in [2.24, 2.45) is 0 Å². The molecule has 0 atom stereocenters. The molecule has 0 saturated carbocycles. The second kappa shape index (κ2) is 7.67. The highest BCUT2D eigenvalue weighted by atomic mass is 32.2. The van der Waals surface area contributed by atoms with E-state index in [1.165, 1.54) is 19.2 Å². The lowest BCUT2D eigenvalue weighted by Gasteiger charge is -2.16. The molecule has 0 aliphatic carbocycles. The third-order valence-corrected chi connectivity index (χ3v) is 4.83. The first kappa shape index (κ1) is 18.1. The van der Waals surface area contributed by atoms with Gasteiger partial charge in [-0.3, -0.25) is 15.0 Å². The van der Waals surface area contributed by atoms with E-state index in [2.05, 4.69) is 5.43 Å². The van der Waals surface area contributed by atoms with Gasteiger partial charge in [-0.25, -0.2) is 4.39 Å². The monoisotopic (exact) mass is 388 g/mol. The Hall–Kier alpha value is -2.71. The van der Waals surface area contributed by atoms with E-state index < -0.39 is 11.8 Å². The Morgan fingerprint density at radius 3 is 2.62 bits per heavy atom. The van der Waals surface area contributed by atoms with Crippen molar-refractivity contribution in [1.29, 1.82) is 0 Å². The van der Waals surface area contributed by atoms with Crippen LogP contribution in [0.25, 0.3) is 6.08 Å². The molecule has 1 N–H and O–H groups in total. The summed E-state index contributed by atoms with van der Waals surface area (Å²) in [7, 11) is 1.46. The molecular formula is C18H13FN2O3S2. The molecule has 0 unspecified atom stereocenters. The first-order chi connectivity index (χ1) is 12.5. The van der Waals surface area contributed by atoms with E-state index in [-0.39, 0.29) is 15.7 Å². The Labute approximate surface area is 158 Å². The maximum absolute atomic E-state index is 13.0. The van der Waals surface area contributed by atoms with E-state index >= 15 is 0 Å². The summed E-state index contributed by atoms with van der Waals surface area (Å²) < 4.78 is 18.3. The summed E-state index contributed by atoms with van der Waals surface area (Å²) in [5.74, 6) is -0.939. The Kier molecular flexibility index (Phi) is 5.34. The number of thiocarbonyl (C=S) groups is 1. The molecule has 2 aromatic rings. The molecule has 0 radical (unpaired) electrons. The van der Waals surface area contributed by atoms with Crippen molar-refractivity contribution in [2.75, 3.05) is 7.11 Å². The van der Waals surface area contributed by atoms with E-state index in [0.29, 0.717) is 16.2 Å². The predicted octanol–water partition coefficient (Wildman–Crippen LogP) is 3.38. The van der Waals surface area contributed by atoms with Crippen LogP contribution < -0.4 is 10.2 Å². The smallest absolute Gasteiger partial charge is 0.285 e. The van der Waals surface area contributed by atoms with Gasteiger partial charge >= 0.3 is 0 Å². The number of hydrazine groups is 1. The minimum absolute atomic E-state index is 0.201. The second-order valence-corrected chi connectivity index (χ2v) is 6.89. The molecule has 3 rings (SSSR count). The largest absolute Gasteiger partial charge is 0.496 e. The number of para-hydroxylation sites is 1. The Morgan fingerprint density at radius 2 is 1.92 bits per heavy atom. The Balaban J connectivity index is 1.79. The minimum atomic E-state index is -0.512. The number of methoxy groups -OCH3 is 1. The number of amides is 2. The van der Waals surface area contributed by atoms with E-state index in [9.17, 15) is 14.0 Å². The van der Waals surface area contributed by atoms with Crippen LogP contribution in [0.5, 0.6) is 5.75 Å². The quantitative estimate of drug-likeness (QED) is 0.643. The van der Waals surface area contributed by atoms with E-state index in [1.54, 1.807) is 42.5 Å². The molecule has 1 aliphatic heterocycles. The van der Waals surface area contributed by atoms with Crippen LogP contribution in [-0.2, 0) is 4.79 Å². The lowest BCUT2D eigenvalue weighted by Crippen LogP contribution is -2.44. The van der Waals surface area contributed by atoms with Crippen molar-refractivity contribution in [2.45, 2.75) is 0 Å². The molecule has 1 heterocycles. The molecule has 0 aromatic heterocycles. The van der Waals surface area contributed by atoms with Crippen molar-refractivity contribution in [3.8, 4) is 5.75 Å². The Morgan fingerprint density at radius 1 is 1.23 bits per heavy atom. The van der Waals surface area contributed by atoms with Gasteiger partial charge in [0.1, 0.15) is 11.6 Å². The molecular weight excluding hydrogens is 375 g/mol. The zero-order chi connectivity index (χ0) is 18.7. The lowest BCUT2D eigenvalue weighted by atomic mass is 10.2. The molecule has 26 heavy (non-hydrogen) atoms. The average Bonchev–Trinajstić information content (AvgIpc) is 2.91. The van der Waals surface area contributed by atoms with Gasteiger partial charge < -0.3 is 4.74 Å². The molecule has 1 saturated heterocycles. The fraction of sp³-hybridized carbons (Fsp3) is 0.0556. The van der Waals surface area contributed by atoms with Gasteiger partial charge in [0, 0.05) is 0 Å². The van der Waals surface area contributed by atoms with Crippen molar-refractivity contribution < 1.29 is 18.7 Å². The molecule has 0 bridgehead atoms. The number of hydrogen-bond donors (Lipinski definition) is 1. The summed E-state index contributed by atoms with van der Waals surface area (Å²) in [6, 6.07) is 12.4. The van der Waals surface area contributed by atoms with Crippen LogP contribution in [0.15, 0.2) is 53.4 Å². The molecule has 1 aliphatic rings. The third-order valence-electron chi connectivity index (χ3n) is 3.53. The number of rotatable bonds is 4. The van der Waals surface area contributed by atoms with Gasteiger partial charge in [-0.05, 0) is 48.1 Å². The average molecular weight is 388 g/mol. The number of carbonyl (C=O) groups is 2. The van der Waals surface area contributed by atoms with Crippen molar-refractivity contribution in [3.63, 3.8) is 0 Å². The van der Waals surface area contributed by atoms with Crippen LogP contribution in [0.1, 0.15) is 15.9 Å². The lowest BCUT2D eigenvalue weighted by molar-refractivity contribution is -0.123. The molecule has 132 valence electrons. The zero-order valence-corrected chi connectivity index (χ0v) is 15.2. The standard InChI is InChI=1S/C18H13FN2O3S2/c1-24-14-5-3-2-4-13(14)16(22)20-21-17(23)15(26-18(21)25)10-11-6-8-12(19)9-7-11/h2-10H,1H3,(H,20,22)/b15-10+. The summed E-state index contributed by atoms with van der Waals surface area (Å²) in [4.78, 5) is 25.3. The first-order valence-electron chi connectivity index (χ1n) is 7.47. The number of halogens is 1. The molecule has 2 aromatic carbocycles. The highest BCUT2D eigenvalue weighted by Gasteiger charge is 2.34. The Bertz CT molecular complexity index is 913. The normalized spacial score (nSPS) is 15.5. The highest BCUT2D eigenvalue weighted by Crippen LogP contribution is 2.31. The highest BCUT2D eigenvalue weighted by molar-refractivity contribution is 8.26. The van der Waals surface area contributed by atoms with Crippen molar-refractivity contribution in [1.82, 2.24) is 10.4 Å². The summed E-state index contributed by atoms with van der Waals surface area (Å²) in [5.41, 5.74) is 3.44. The van der Waals surface area contributed by atoms with Crippen LogP contribution in [0.2, 0.25) is 0 Å². The van der Waals surface area contributed by atoms with E-state index in [0.717, 1.165) is 16.8 Å². The summed E-state index contributed by atoms with van der Waals surface area (Å²) in [5, 5.41) is 1.02. The van der Waals surface area contributed by atoms with E-state index in [4.69, 9.17) is 17.0 Å². The van der Waals surface area contributed by atoms with Crippen molar-refractivity contribution >= 4 is 46.2 Å². The van der Waals surface area contributed by atoms with E-state index in [1.807, 2.05) is 0 Å². The molecule has 5 nitrogen and oxygen atoms in total. The van der Waals surface area contributed by atoms with Gasteiger partial charge in [0.2, 0.25) is 0 Å². The molecule has 2 amide bonds. The van der Waals surface area contributed by atoms with Gasteiger partial charge in [-0.2, -0.15) is 5.01 Å². The molecule has 8 heteroatoms. The third kappa shape index (κ3) is 3.76. The fourth-order valence-corrected chi connectivity index (χ4v) is 3.45. The van der Waals surface area contributed by atoms with Gasteiger partial charge in [0.25, 0.3) is 11.8 Å². The maximum atomic E-state index is 13.0. The second-order valence-electron chi connectivity index (χ2n) is 5.21. The number of ether oxygens (including phenoxy) is 1. The van der Waals surface area contributed by atoms with Crippen LogP contribution in [-0.4, -0.2) is 28.3 Å². The van der Waals surface area contributed by atoms with Gasteiger partial charge in [-0.15, -0.1) is 0 Å². The fourth-order valence-electron chi connectivity index (χ4n) is 2.27. The van der Waals surface area contributed by atoms with Gasteiger partial charge in [0.05, 0.1) is 17.6 Å². The number of benzene rings is 2. The van der Waals surface area contributed by atoms with Gasteiger partial charge in [0.15, 0.2) is 4.32 Å². The number of nitrogens with zero attached hydrogens (tertiary/aromatic N) is 1. The number of nitrogens with one attached hydrogen (secondary N) is 1. The predicted molar refractivity (Wildman–Crippen MR) is 102 cm³/mol. The number of thioether (sulfide) groups is 1. The van der Waals surface area contributed by atoms with Crippen LogP contribution in [0.4, 0.5) is 4.39 Å². The van der Waals surface area contributed by atoms with Crippen molar-refractivity contribution in [3.05, 3.63) is 70.4 Å². The number of hydrogen-bond acceptors (Lipinski definition) is 5. The van der Waals surface area contributed by atoms with Crippen LogP contribution in [0, 0.1) is 5.82 Å². The number of carbonyl (C=O) groups excluding carboxylic acids is 2. The first-order valence-corrected chi connectivity index (χ1v) is 8.69. The zero-order valence-electron chi connectivity index (χ0n) is 13.6. The van der Waals surface area contributed by atoms with Gasteiger partial charge in [-0.1, -0.05) is 36.0 Å². The summed E-state index contributed by atoms with van der Waals surface area (Å²) in [6.45, 7) is 0. The molecule has 0 spiro atoms. The van der Waals surface area contributed by atoms with Crippen LogP contribution in [0.3, 0.4) is 0 Å². The molecule has 1 fully saturated rings. The minimum Gasteiger partial charge on any atom is -0.496 e.